The molecule has 2 aromatic carbocycles. The highest BCUT2D eigenvalue weighted by Crippen LogP contribution is 2.15. The minimum Gasteiger partial charge on any atom is -0.356 e. The van der Waals surface area contributed by atoms with Crippen molar-refractivity contribution in [3.05, 3.63) is 70.5 Å². The van der Waals surface area contributed by atoms with Crippen LogP contribution in [-0.2, 0) is 13.0 Å². The van der Waals surface area contributed by atoms with Crippen LogP contribution in [0.15, 0.2) is 53.5 Å². The van der Waals surface area contributed by atoms with Gasteiger partial charge in [0.1, 0.15) is 5.82 Å². The van der Waals surface area contributed by atoms with Gasteiger partial charge in [0.05, 0.1) is 5.02 Å². The molecular weight excluding hydrogens is 301 g/mol. The maximum atomic E-state index is 13.1. The molecule has 3 nitrogen and oxygen atoms in total. The molecule has 0 atom stereocenters. The van der Waals surface area contributed by atoms with E-state index in [4.69, 9.17) is 11.6 Å². The number of nitrogens with one attached hydrogen (secondary N) is 2. The minimum absolute atomic E-state index is 0.131. The van der Waals surface area contributed by atoms with E-state index in [-0.39, 0.29) is 5.02 Å². The van der Waals surface area contributed by atoms with Gasteiger partial charge in [-0.1, -0.05) is 48.0 Å². The van der Waals surface area contributed by atoms with Gasteiger partial charge in [-0.05, 0) is 29.7 Å². The number of hydrogen-bond acceptors (Lipinski definition) is 1. The first kappa shape index (κ1) is 16.3. The molecule has 0 unspecified atom stereocenters. The second-order valence-corrected chi connectivity index (χ2v) is 5.24. The van der Waals surface area contributed by atoms with Crippen molar-refractivity contribution in [2.45, 2.75) is 13.0 Å². The lowest BCUT2D eigenvalue weighted by Gasteiger charge is -2.12. The molecule has 0 aliphatic rings. The Bertz CT molecular complexity index is 629. The fourth-order valence-electron chi connectivity index (χ4n) is 2.03. The van der Waals surface area contributed by atoms with Crippen LogP contribution in [0, 0.1) is 5.82 Å². The Balaban J connectivity index is 1.78. The average Bonchev–Trinajstić information content (AvgIpc) is 2.55. The summed E-state index contributed by atoms with van der Waals surface area (Å²) < 4.78 is 13.1. The third kappa shape index (κ3) is 5.04. The molecule has 0 saturated carbocycles. The maximum absolute atomic E-state index is 13.1. The third-order valence-corrected chi connectivity index (χ3v) is 3.51. The van der Waals surface area contributed by atoms with Gasteiger partial charge in [-0.25, -0.2) is 4.39 Å². The highest BCUT2D eigenvalue weighted by molar-refractivity contribution is 6.30. The highest BCUT2D eigenvalue weighted by Gasteiger charge is 2.02. The summed E-state index contributed by atoms with van der Waals surface area (Å²) in [6.45, 7) is 1.32. The second kappa shape index (κ2) is 8.39. The van der Waals surface area contributed by atoms with Gasteiger partial charge in [0, 0.05) is 20.1 Å². The Morgan fingerprint density at radius 3 is 2.55 bits per heavy atom. The largest absolute Gasteiger partial charge is 0.356 e. The van der Waals surface area contributed by atoms with Crippen LogP contribution in [0.25, 0.3) is 0 Å². The van der Waals surface area contributed by atoms with Gasteiger partial charge in [-0.2, -0.15) is 0 Å². The normalized spacial score (nSPS) is 11.3. The molecule has 116 valence electrons. The van der Waals surface area contributed by atoms with E-state index in [9.17, 15) is 4.39 Å². The average molecular weight is 320 g/mol. The Kier molecular flexibility index (Phi) is 6.22. The Morgan fingerprint density at radius 2 is 1.86 bits per heavy atom. The number of benzene rings is 2. The first-order chi connectivity index (χ1) is 10.7. The summed E-state index contributed by atoms with van der Waals surface area (Å²) in [4.78, 5) is 4.16. The Morgan fingerprint density at radius 1 is 1.09 bits per heavy atom. The molecule has 2 rings (SSSR count). The van der Waals surface area contributed by atoms with E-state index < -0.39 is 5.82 Å². The molecule has 0 saturated heterocycles. The summed E-state index contributed by atoms with van der Waals surface area (Å²) >= 11 is 5.77. The van der Waals surface area contributed by atoms with Gasteiger partial charge in [0.2, 0.25) is 0 Å². The molecule has 0 aliphatic carbocycles. The van der Waals surface area contributed by atoms with E-state index in [2.05, 4.69) is 27.8 Å². The fourth-order valence-corrected chi connectivity index (χ4v) is 2.23. The monoisotopic (exact) mass is 319 g/mol. The number of nitrogens with zero attached hydrogens (tertiary/aromatic N) is 1. The van der Waals surface area contributed by atoms with E-state index in [0.29, 0.717) is 12.5 Å². The maximum Gasteiger partial charge on any atom is 0.191 e. The summed E-state index contributed by atoms with van der Waals surface area (Å²) in [6.07, 6.45) is 0.921. The van der Waals surface area contributed by atoms with Crippen molar-refractivity contribution in [1.82, 2.24) is 10.6 Å². The molecule has 5 heteroatoms. The molecule has 0 fully saturated rings. The first-order valence-corrected chi connectivity index (χ1v) is 7.49. The van der Waals surface area contributed by atoms with Crippen LogP contribution in [0.5, 0.6) is 0 Å². The number of hydrogen-bond donors (Lipinski definition) is 2. The summed E-state index contributed by atoms with van der Waals surface area (Å²) in [7, 11) is 1.72. The first-order valence-electron chi connectivity index (χ1n) is 7.11. The van der Waals surface area contributed by atoms with Gasteiger partial charge in [-0.3, -0.25) is 4.99 Å². The molecular formula is C17H19ClFN3. The predicted octanol–water partition coefficient (Wildman–Crippen LogP) is 3.39. The lowest BCUT2D eigenvalue weighted by Crippen LogP contribution is -2.37. The van der Waals surface area contributed by atoms with E-state index in [1.807, 2.05) is 18.2 Å². The molecule has 0 spiro atoms. The topological polar surface area (TPSA) is 36.4 Å². The smallest absolute Gasteiger partial charge is 0.191 e. The molecule has 2 N–H and O–H groups in total. The fraction of sp³-hybridized carbons (Fsp3) is 0.235. The van der Waals surface area contributed by atoms with E-state index in [0.717, 1.165) is 18.5 Å². The zero-order valence-electron chi connectivity index (χ0n) is 12.4. The third-order valence-electron chi connectivity index (χ3n) is 3.22. The van der Waals surface area contributed by atoms with Crippen LogP contribution >= 0.6 is 11.6 Å². The Labute approximate surface area is 135 Å². The van der Waals surface area contributed by atoms with Crippen LogP contribution < -0.4 is 10.6 Å². The summed E-state index contributed by atoms with van der Waals surface area (Å²) in [5.74, 6) is 0.298. The molecule has 22 heavy (non-hydrogen) atoms. The minimum atomic E-state index is -0.407. The number of guanidine groups is 1. The van der Waals surface area contributed by atoms with Crippen LogP contribution in [-0.4, -0.2) is 19.6 Å². The van der Waals surface area contributed by atoms with Gasteiger partial charge in [0.15, 0.2) is 5.96 Å². The zero-order chi connectivity index (χ0) is 15.8. The van der Waals surface area contributed by atoms with Crippen molar-refractivity contribution in [3.8, 4) is 0 Å². The highest BCUT2D eigenvalue weighted by atomic mass is 35.5. The number of aliphatic imine (C=N–C) groups is 1. The quantitative estimate of drug-likeness (QED) is 0.654. The molecule has 0 aliphatic heterocycles. The van der Waals surface area contributed by atoms with Crippen molar-refractivity contribution in [2.24, 2.45) is 4.99 Å². The van der Waals surface area contributed by atoms with Crippen LogP contribution in [0.3, 0.4) is 0 Å². The Hall–Kier alpha value is -2.07. The van der Waals surface area contributed by atoms with Crippen molar-refractivity contribution >= 4 is 17.6 Å². The predicted molar refractivity (Wildman–Crippen MR) is 89.8 cm³/mol. The van der Waals surface area contributed by atoms with Crippen molar-refractivity contribution in [3.63, 3.8) is 0 Å². The van der Waals surface area contributed by atoms with Gasteiger partial charge in [-0.15, -0.1) is 0 Å². The van der Waals surface area contributed by atoms with Crippen LogP contribution in [0.2, 0.25) is 5.02 Å². The zero-order valence-corrected chi connectivity index (χ0v) is 13.2. The summed E-state index contributed by atoms with van der Waals surface area (Å²) in [6, 6.07) is 14.9. The lowest BCUT2D eigenvalue weighted by atomic mass is 10.1. The van der Waals surface area contributed by atoms with Gasteiger partial charge in [0.25, 0.3) is 0 Å². The molecule has 2 aromatic rings. The molecule has 0 heterocycles. The molecule has 0 radical (unpaired) electrons. The molecule has 0 amide bonds. The van der Waals surface area contributed by atoms with Crippen LogP contribution in [0.1, 0.15) is 11.1 Å². The summed E-state index contributed by atoms with van der Waals surface area (Å²) in [5, 5.41) is 6.55. The molecule has 0 bridgehead atoms. The van der Waals surface area contributed by atoms with Crippen molar-refractivity contribution in [2.75, 3.05) is 13.6 Å². The van der Waals surface area contributed by atoms with Gasteiger partial charge < -0.3 is 10.6 Å². The van der Waals surface area contributed by atoms with E-state index in [1.54, 1.807) is 19.2 Å². The summed E-state index contributed by atoms with van der Waals surface area (Å²) in [5.41, 5.74) is 2.17. The standard InChI is InChI=1S/C17H19ClFN3/c1-20-17(21-10-9-13-5-3-2-4-6-13)22-12-14-7-8-16(19)15(18)11-14/h2-8,11H,9-10,12H2,1H3,(H2,20,21,22). The van der Waals surface area contributed by atoms with Crippen LogP contribution in [0.4, 0.5) is 4.39 Å². The number of halogens is 2. The van der Waals surface area contributed by atoms with Crippen molar-refractivity contribution < 1.29 is 4.39 Å². The van der Waals surface area contributed by atoms with E-state index >= 15 is 0 Å². The van der Waals surface area contributed by atoms with Gasteiger partial charge >= 0.3 is 0 Å². The number of rotatable bonds is 5. The van der Waals surface area contributed by atoms with E-state index in [1.165, 1.54) is 11.6 Å². The SMILES string of the molecule is CN=C(NCCc1ccccc1)NCc1ccc(F)c(Cl)c1. The lowest BCUT2D eigenvalue weighted by molar-refractivity contribution is 0.627. The molecule has 0 aromatic heterocycles. The second-order valence-electron chi connectivity index (χ2n) is 4.84. The van der Waals surface area contributed by atoms with Crippen molar-refractivity contribution in [1.29, 1.82) is 0 Å².